The summed E-state index contributed by atoms with van der Waals surface area (Å²) in [4.78, 5) is 12.8. The Morgan fingerprint density at radius 1 is 1.67 bits per heavy atom. The molecule has 0 radical (unpaired) electrons. The lowest BCUT2D eigenvalue weighted by Gasteiger charge is -2.26. The first-order valence-electron chi connectivity index (χ1n) is 6.10. The number of carbonyl (C=O) groups is 1. The summed E-state index contributed by atoms with van der Waals surface area (Å²) in [6.07, 6.45) is 2.30. The van der Waals surface area contributed by atoms with Crippen LogP contribution in [-0.2, 0) is 11.3 Å². The summed E-state index contributed by atoms with van der Waals surface area (Å²) in [6.45, 7) is 3.16. The summed E-state index contributed by atoms with van der Waals surface area (Å²) in [7, 11) is 1.98. The molecule has 0 bridgehead atoms. The van der Waals surface area contributed by atoms with Crippen molar-refractivity contribution in [2.24, 2.45) is 5.92 Å². The number of aromatic carboxylic acids is 1. The summed E-state index contributed by atoms with van der Waals surface area (Å²) in [5, 5.41) is 12.2. The van der Waals surface area contributed by atoms with Gasteiger partial charge in [-0.15, -0.1) is 0 Å². The highest BCUT2D eigenvalue weighted by atomic mass is 16.5. The Morgan fingerprint density at radius 2 is 2.50 bits per heavy atom. The fourth-order valence-corrected chi connectivity index (χ4v) is 2.21. The third-order valence-electron chi connectivity index (χ3n) is 3.03. The Labute approximate surface area is 106 Å². The lowest BCUT2D eigenvalue weighted by atomic mass is 10.0. The minimum absolute atomic E-state index is 0.0422. The van der Waals surface area contributed by atoms with Crippen LogP contribution in [-0.4, -0.2) is 47.9 Å². The van der Waals surface area contributed by atoms with E-state index in [9.17, 15) is 4.79 Å². The molecule has 0 aliphatic carbocycles. The molecule has 0 spiro atoms. The van der Waals surface area contributed by atoms with Crippen LogP contribution < -0.4 is 0 Å². The molecule has 0 aromatic carbocycles. The first-order chi connectivity index (χ1) is 8.65. The number of carboxylic acids is 1. The second-order valence-corrected chi connectivity index (χ2v) is 4.76. The van der Waals surface area contributed by atoms with Gasteiger partial charge < -0.3 is 14.4 Å². The van der Waals surface area contributed by atoms with Crippen LogP contribution >= 0.6 is 0 Å². The molecule has 2 rings (SSSR count). The molecule has 0 amide bonds. The lowest BCUT2D eigenvalue weighted by Crippen LogP contribution is -2.30. The molecule has 1 aromatic heterocycles. The van der Waals surface area contributed by atoms with E-state index in [1.807, 2.05) is 7.05 Å². The smallest absolute Gasteiger partial charge is 0.358 e. The van der Waals surface area contributed by atoms with E-state index in [0.29, 0.717) is 18.2 Å². The SMILES string of the molecule is CN(Cc1cc(C(=O)O)no1)CC1CCCOC1. The van der Waals surface area contributed by atoms with E-state index < -0.39 is 5.97 Å². The van der Waals surface area contributed by atoms with Gasteiger partial charge in [0.25, 0.3) is 0 Å². The van der Waals surface area contributed by atoms with Crippen LogP contribution in [0.15, 0.2) is 10.6 Å². The van der Waals surface area contributed by atoms with Gasteiger partial charge in [0, 0.05) is 19.2 Å². The molecule has 6 heteroatoms. The van der Waals surface area contributed by atoms with Crippen molar-refractivity contribution in [1.82, 2.24) is 10.1 Å². The maximum Gasteiger partial charge on any atom is 0.358 e. The summed E-state index contributed by atoms with van der Waals surface area (Å²) >= 11 is 0. The number of hydrogen-bond acceptors (Lipinski definition) is 5. The minimum Gasteiger partial charge on any atom is -0.476 e. The predicted octanol–water partition coefficient (Wildman–Crippen LogP) is 1.23. The van der Waals surface area contributed by atoms with Crippen LogP contribution in [0.25, 0.3) is 0 Å². The Morgan fingerprint density at radius 3 is 3.11 bits per heavy atom. The second kappa shape index (κ2) is 5.97. The van der Waals surface area contributed by atoms with Crippen molar-refractivity contribution in [3.63, 3.8) is 0 Å². The molecule has 1 N–H and O–H groups in total. The molecule has 1 aliphatic heterocycles. The largest absolute Gasteiger partial charge is 0.476 e. The number of rotatable bonds is 5. The molecule has 1 fully saturated rings. The highest BCUT2D eigenvalue weighted by Crippen LogP contribution is 2.15. The first-order valence-corrected chi connectivity index (χ1v) is 6.10. The first kappa shape index (κ1) is 13.0. The van der Waals surface area contributed by atoms with Gasteiger partial charge in [0.1, 0.15) is 0 Å². The summed E-state index contributed by atoms with van der Waals surface area (Å²) in [6, 6.07) is 1.47. The van der Waals surface area contributed by atoms with E-state index in [1.165, 1.54) is 12.5 Å². The molecule has 1 saturated heterocycles. The van der Waals surface area contributed by atoms with Gasteiger partial charge in [-0.25, -0.2) is 4.79 Å². The average Bonchev–Trinajstić information content (AvgIpc) is 2.78. The zero-order chi connectivity index (χ0) is 13.0. The van der Waals surface area contributed by atoms with Crippen LogP contribution in [0.3, 0.4) is 0 Å². The van der Waals surface area contributed by atoms with Crippen molar-refractivity contribution in [1.29, 1.82) is 0 Å². The monoisotopic (exact) mass is 254 g/mol. The van der Waals surface area contributed by atoms with E-state index in [4.69, 9.17) is 14.4 Å². The van der Waals surface area contributed by atoms with Crippen LogP contribution in [0.1, 0.15) is 29.1 Å². The molecule has 1 atom stereocenters. The van der Waals surface area contributed by atoms with Crippen LogP contribution in [0.2, 0.25) is 0 Å². The molecule has 1 unspecified atom stereocenters. The van der Waals surface area contributed by atoms with Crippen molar-refractivity contribution in [2.75, 3.05) is 26.8 Å². The van der Waals surface area contributed by atoms with Crippen molar-refractivity contribution in [3.05, 3.63) is 17.5 Å². The van der Waals surface area contributed by atoms with Crippen molar-refractivity contribution in [2.45, 2.75) is 19.4 Å². The van der Waals surface area contributed by atoms with Crippen molar-refractivity contribution >= 4 is 5.97 Å². The van der Waals surface area contributed by atoms with Crippen LogP contribution in [0.4, 0.5) is 0 Å². The zero-order valence-corrected chi connectivity index (χ0v) is 10.5. The van der Waals surface area contributed by atoms with Gasteiger partial charge >= 0.3 is 5.97 Å². The maximum absolute atomic E-state index is 10.7. The van der Waals surface area contributed by atoms with E-state index in [-0.39, 0.29) is 5.69 Å². The van der Waals surface area contributed by atoms with Crippen molar-refractivity contribution in [3.8, 4) is 0 Å². The molecular weight excluding hydrogens is 236 g/mol. The lowest BCUT2D eigenvalue weighted by molar-refractivity contribution is 0.0401. The number of nitrogens with zero attached hydrogens (tertiary/aromatic N) is 2. The van der Waals surface area contributed by atoms with Gasteiger partial charge in [-0.2, -0.15) is 0 Å². The fourth-order valence-electron chi connectivity index (χ4n) is 2.21. The Hall–Kier alpha value is -1.40. The highest BCUT2D eigenvalue weighted by molar-refractivity contribution is 5.85. The molecule has 18 heavy (non-hydrogen) atoms. The Balaban J connectivity index is 1.82. The number of hydrogen-bond donors (Lipinski definition) is 1. The number of aromatic nitrogens is 1. The summed E-state index contributed by atoms with van der Waals surface area (Å²) in [5.74, 6) is 0.0607. The molecule has 100 valence electrons. The van der Waals surface area contributed by atoms with Gasteiger partial charge in [-0.1, -0.05) is 5.16 Å². The van der Waals surface area contributed by atoms with E-state index in [0.717, 1.165) is 26.2 Å². The Bertz CT molecular complexity index is 399. The van der Waals surface area contributed by atoms with Gasteiger partial charge in [0.05, 0.1) is 13.2 Å². The minimum atomic E-state index is -1.06. The van der Waals surface area contributed by atoms with Crippen LogP contribution in [0.5, 0.6) is 0 Å². The van der Waals surface area contributed by atoms with E-state index in [1.54, 1.807) is 0 Å². The highest BCUT2D eigenvalue weighted by Gasteiger charge is 2.17. The topological polar surface area (TPSA) is 75.8 Å². The number of ether oxygens (including phenoxy) is 1. The third-order valence-corrected chi connectivity index (χ3v) is 3.03. The molecule has 6 nitrogen and oxygen atoms in total. The second-order valence-electron chi connectivity index (χ2n) is 4.76. The predicted molar refractivity (Wildman–Crippen MR) is 63.3 cm³/mol. The molecule has 2 heterocycles. The average molecular weight is 254 g/mol. The van der Waals surface area contributed by atoms with Gasteiger partial charge in [0.2, 0.25) is 0 Å². The zero-order valence-electron chi connectivity index (χ0n) is 10.5. The molecule has 0 saturated carbocycles. The van der Waals surface area contributed by atoms with Gasteiger partial charge in [-0.3, -0.25) is 4.90 Å². The molecule has 1 aliphatic rings. The third kappa shape index (κ3) is 3.54. The quantitative estimate of drug-likeness (QED) is 0.851. The van der Waals surface area contributed by atoms with Gasteiger partial charge in [0.15, 0.2) is 11.5 Å². The number of carboxylic acid groups (broad SMARTS) is 1. The van der Waals surface area contributed by atoms with Crippen molar-refractivity contribution < 1.29 is 19.2 Å². The van der Waals surface area contributed by atoms with E-state index >= 15 is 0 Å². The van der Waals surface area contributed by atoms with E-state index in [2.05, 4.69) is 10.1 Å². The molecular formula is C12H18N2O4. The fraction of sp³-hybridized carbons (Fsp3) is 0.667. The Kier molecular flexibility index (Phi) is 4.33. The van der Waals surface area contributed by atoms with Crippen LogP contribution in [0, 0.1) is 5.92 Å². The molecule has 1 aromatic rings. The summed E-state index contributed by atoms with van der Waals surface area (Å²) in [5.41, 5.74) is -0.0422. The summed E-state index contributed by atoms with van der Waals surface area (Å²) < 4.78 is 10.4. The maximum atomic E-state index is 10.7. The van der Waals surface area contributed by atoms with Gasteiger partial charge in [-0.05, 0) is 25.8 Å². The standard InChI is InChI=1S/C12H18N2O4/c1-14(6-9-3-2-4-17-8-9)7-10-5-11(12(15)16)13-18-10/h5,9H,2-4,6-8H2,1H3,(H,15,16). The normalized spacial score (nSPS) is 20.2.